The summed E-state index contributed by atoms with van der Waals surface area (Å²) in [5.41, 5.74) is 2.53. The minimum atomic E-state index is -0.350. The summed E-state index contributed by atoms with van der Waals surface area (Å²) in [6.45, 7) is 3.22. The molecule has 106 valence electrons. The van der Waals surface area contributed by atoms with Crippen molar-refractivity contribution in [3.8, 4) is 5.75 Å². The van der Waals surface area contributed by atoms with Crippen LogP contribution in [0.3, 0.4) is 0 Å². The summed E-state index contributed by atoms with van der Waals surface area (Å²) in [6, 6.07) is 6.91. The lowest BCUT2D eigenvalue weighted by molar-refractivity contribution is 0.0953. The van der Waals surface area contributed by atoms with Gasteiger partial charge < -0.3 is 9.84 Å². The van der Waals surface area contributed by atoms with Crippen LogP contribution >= 0.6 is 0 Å². The van der Waals surface area contributed by atoms with E-state index in [-0.39, 0.29) is 18.6 Å². The third-order valence-corrected chi connectivity index (χ3v) is 2.96. The SMILES string of the molecule is CC(CO)N(C)CCOc1cccc(C(=O)NN)c1. The summed E-state index contributed by atoms with van der Waals surface area (Å²) < 4.78 is 5.56. The molecule has 0 heterocycles. The third-order valence-electron chi connectivity index (χ3n) is 2.96. The first-order valence-electron chi connectivity index (χ1n) is 6.13. The molecular formula is C13H21N3O3. The van der Waals surface area contributed by atoms with Gasteiger partial charge in [-0.25, -0.2) is 5.84 Å². The number of hydrogen-bond donors (Lipinski definition) is 3. The average molecular weight is 267 g/mol. The molecule has 6 heteroatoms. The van der Waals surface area contributed by atoms with Crippen LogP contribution in [0.2, 0.25) is 0 Å². The highest BCUT2D eigenvalue weighted by molar-refractivity contribution is 5.94. The van der Waals surface area contributed by atoms with E-state index in [0.717, 1.165) is 0 Å². The number of nitrogen functional groups attached to an aromatic ring is 1. The first-order valence-corrected chi connectivity index (χ1v) is 6.13. The van der Waals surface area contributed by atoms with E-state index < -0.39 is 0 Å². The lowest BCUT2D eigenvalue weighted by atomic mass is 10.2. The van der Waals surface area contributed by atoms with Crippen molar-refractivity contribution in [3.63, 3.8) is 0 Å². The zero-order valence-corrected chi connectivity index (χ0v) is 11.3. The normalized spacial score (nSPS) is 12.3. The van der Waals surface area contributed by atoms with Crippen LogP contribution in [0.1, 0.15) is 17.3 Å². The van der Waals surface area contributed by atoms with Crippen LogP contribution in [-0.4, -0.2) is 48.8 Å². The number of benzene rings is 1. The maximum atomic E-state index is 11.3. The second kappa shape index (κ2) is 7.73. The molecule has 0 aliphatic rings. The van der Waals surface area contributed by atoms with Crippen LogP contribution in [0.25, 0.3) is 0 Å². The molecular weight excluding hydrogens is 246 g/mol. The molecule has 0 saturated carbocycles. The summed E-state index contributed by atoms with van der Waals surface area (Å²) in [7, 11) is 1.92. The second-order valence-electron chi connectivity index (χ2n) is 4.36. The smallest absolute Gasteiger partial charge is 0.265 e. The summed E-state index contributed by atoms with van der Waals surface area (Å²) >= 11 is 0. The molecule has 0 fully saturated rings. The summed E-state index contributed by atoms with van der Waals surface area (Å²) in [6.07, 6.45) is 0. The molecule has 1 aromatic rings. The number of aliphatic hydroxyl groups is 1. The monoisotopic (exact) mass is 267 g/mol. The number of hydrazine groups is 1. The second-order valence-corrected chi connectivity index (χ2v) is 4.36. The van der Waals surface area contributed by atoms with Crippen molar-refractivity contribution in [2.75, 3.05) is 26.8 Å². The van der Waals surface area contributed by atoms with E-state index in [4.69, 9.17) is 15.7 Å². The fourth-order valence-corrected chi connectivity index (χ4v) is 1.48. The van der Waals surface area contributed by atoms with E-state index in [0.29, 0.717) is 24.5 Å². The van der Waals surface area contributed by atoms with Gasteiger partial charge in [-0.1, -0.05) is 6.07 Å². The van der Waals surface area contributed by atoms with Gasteiger partial charge in [0.2, 0.25) is 0 Å². The van der Waals surface area contributed by atoms with Crippen molar-refractivity contribution >= 4 is 5.91 Å². The lowest BCUT2D eigenvalue weighted by Crippen LogP contribution is -2.35. The highest BCUT2D eigenvalue weighted by Crippen LogP contribution is 2.13. The quantitative estimate of drug-likeness (QED) is 0.367. The number of nitrogens with one attached hydrogen (secondary N) is 1. The number of ether oxygens (including phenoxy) is 1. The maximum Gasteiger partial charge on any atom is 0.265 e. The predicted molar refractivity (Wildman–Crippen MR) is 72.8 cm³/mol. The standard InChI is InChI=1S/C13H21N3O3/c1-10(9-17)16(2)6-7-19-12-5-3-4-11(8-12)13(18)15-14/h3-5,8,10,17H,6-7,9,14H2,1-2H3,(H,15,18). The minimum Gasteiger partial charge on any atom is -0.492 e. The molecule has 1 amide bonds. The Hall–Kier alpha value is -1.63. The van der Waals surface area contributed by atoms with Gasteiger partial charge in [0.1, 0.15) is 12.4 Å². The Morgan fingerprint density at radius 2 is 2.32 bits per heavy atom. The molecule has 1 unspecified atom stereocenters. The number of hydrogen-bond acceptors (Lipinski definition) is 5. The molecule has 1 rings (SSSR count). The first kappa shape index (κ1) is 15.4. The molecule has 0 aromatic heterocycles. The zero-order chi connectivity index (χ0) is 14.3. The first-order chi connectivity index (χ1) is 9.08. The topological polar surface area (TPSA) is 87.8 Å². The molecule has 0 aliphatic carbocycles. The Labute approximate surface area is 113 Å². The molecule has 0 aliphatic heterocycles. The Bertz CT molecular complexity index is 412. The van der Waals surface area contributed by atoms with Crippen molar-refractivity contribution in [3.05, 3.63) is 29.8 Å². The highest BCUT2D eigenvalue weighted by atomic mass is 16.5. The minimum absolute atomic E-state index is 0.0953. The van der Waals surface area contributed by atoms with Gasteiger partial charge in [0.25, 0.3) is 5.91 Å². The number of aliphatic hydroxyl groups excluding tert-OH is 1. The predicted octanol–water partition coefficient (Wildman–Crippen LogP) is -0.0185. The van der Waals surface area contributed by atoms with E-state index in [1.807, 2.05) is 18.9 Å². The number of rotatable bonds is 7. The number of amides is 1. The van der Waals surface area contributed by atoms with Gasteiger partial charge in [-0.2, -0.15) is 0 Å². The van der Waals surface area contributed by atoms with E-state index in [1.54, 1.807) is 24.3 Å². The van der Waals surface area contributed by atoms with Crippen molar-refractivity contribution < 1.29 is 14.6 Å². The van der Waals surface area contributed by atoms with Gasteiger partial charge in [0.15, 0.2) is 0 Å². The summed E-state index contributed by atoms with van der Waals surface area (Å²) in [5.74, 6) is 5.34. The lowest BCUT2D eigenvalue weighted by Gasteiger charge is -2.22. The summed E-state index contributed by atoms with van der Waals surface area (Å²) in [4.78, 5) is 13.3. The van der Waals surface area contributed by atoms with Gasteiger partial charge in [-0.3, -0.25) is 15.1 Å². The van der Waals surface area contributed by atoms with E-state index >= 15 is 0 Å². The van der Waals surface area contributed by atoms with E-state index in [9.17, 15) is 4.79 Å². The molecule has 1 atom stereocenters. The molecule has 0 radical (unpaired) electrons. The Kier molecular flexibility index (Phi) is 6.27. The summed E-state index contributed by atoms with van der Waals surface area (Å²) in [5, 5.41) is 9.01. The molecule has 0 spiro atoms. The van der Waals surface area contributed by atoms with E-state index in [2.05, 4.69) is 5.43 Å². The van der Waals surface area contributed by atoms with Gasteiger partial charge in [0, 0.05) is 18.2 Å². The molecule has 19 heavy (non-hydrogen) atoms. The molecule has 6 nitrogen and oxygen atoms in total. The van der Waals surface area contributed by atoms with Crippen molar-refractivity contribution in [1.29, 1.82) is 0 Å². The fraction of sp³-hybridized carbons (Fsp3) is 0.462. The third kappa shape index (κ3) is 4.86. The van der Waals surface area contributed by atoms with Crippen molar-refractivity contribution in [2.45, 2.75) is 13.0 Å². The van der Waals surface area contributed by atoms with Gasteiger partial charge in [-0.15, -0.1) is 0 Å². The molecule has 0 bridgehead atoms. The Morgan fingerprint density at radius 3 is 2.95 bits per heavy atom. The number of carbonyl (C=O) groups is 1. The van der Waals surface area contributed by atoms with Crippen molar-refractivity contribution in [1.82, 2.24) is 10.3 Å². The van der Waals surface area contributed by atoms with Crippen molar-refractivity contribution in [2.24, 2.45) is 5.84 Å². The highest BCUT2D eigenvalue weighted by Gasteiger charge is 2.08. The fourth-order valence-electron chi connectivity index (χ4n) is 1.48. The number of carbonyl (C=O) groups excluding carboxylic acids is 1. The molecule has 4 N–H and O–H groups in total. The van der Waals surface area contributed by atoms with Gasteiger partial charge >= 0.3 is 0 Å². The number of likely N-dealkylation sites (N-methyl/N-ethyl adjacent to an activating group) is 1. The molecule has 1 aromatic carbocycles. The largest absolute Gasteiger partial charge is 0.492 e. The Morgan fingerprint density at radius 1 is 1.58 bits per heavy atom. The molecule has 0 saturated heterocycles. The number of nitrogens with two attached hydrogens (primary N) is 1. The van der Waals surface area contributed by atoms with Gasteiger partial charge in [0.05, 0.1) is 6.61 Å². The number of nitrogens with zero attached hydrogens (tertiary/aromatic N) is 1. The van der Waals surface area contributed by atoms with Crippen LogP contribution in [-0.2, 0) is 0 Å². The maximum absolute atomic E-state index is 11.3. The van der Waals surface area contributed by atoms with Crippen LogP contribution in [0, 0.1) is 0 Å². The van der Waals surface area contributed by atoms with Gasteiger partial charge in [-0.05, 0) is 32.2 Å². The van der Waals surface area contributed by atoms with Crippen LogP contribution in [0.5, 0.6) is 5.75 Å². The zero-order valence-electron chi connectivity index (χ0n) is 11.3. The average Bonchev–Trinajstić information content (AvgIpc) is 2.45. The van der Waals surface area contributed by atoms with Crippen LogP contribution in [0.15, 0.2) is 24.3 Å². The van der Waals surface area contributed by atoms with Crippen LogP contribution in [0.4, 0.5) is 0 Å². The van der Waals surface area contributed by atoms with E-state index in [1.165, 1.54) is 0 Å². The van der Waals surface area contributed by atoms with Crippen LogP contribution < -0.4 is 16.0 Å². The Balaban J connectivity index is 2.47.